The van der Waals surface area contributed by atoms with E-state index in [0.29, 0.717) is 13.0 Å². The lowest BCUT2D eigenvalue weighted by atomic mass is 9.99. The second kappa shape index (κ2) is 6.60. The second-order valence-electron chi connectivity index (χ2n) is 7.13. The van der Waals surface area contributed by atoms with Crippen LogP contribution in [0.5, 0.6) is 0 Å². The van der Waals surface area contributed by atoms with Gasteiger partial charge in [-0.1, -0.05) is 42.5 Å². The molecule has 2 aromatic rings. The second-order valence-corrected chi connectivity index (χ2v) is 8.35. The van der Waals surface area contributed by atoms with Gasteiger partial charge in [-0.05, 0) is 16.7 Å². The van der Waals surface area contributed by atoms with Gasteiger partial charge < -0.3 is 4.74 Å². The third-order valence-corrected chi connectivity index (χ3v) is 6.38. The first-order chi connectivity index (χ1) is 12.8. The molecule has 3 aliphatic rings. The van der Waals surface area contributed by atoms with Crippen LogP contribution in [-0.2, 0) is 29.1 Å². The standard InChI is InChI=1S/C22H21NO2S/c24-20-12-16-3-1-2-4-18(16)21(20)22-19-6-5-15(11-17(19)14-25-22)13-23-7-9-26-10-8-23/h1-6,11H,7-10,12-14H2/b22-21+. The zero-order valence-corrected chi connectivity index (χ0v) is 15.5. The van der Waals surface area contributed by atoms with Crippen LogP contribution in [0.1, 0.15) is 27.8 Å². The molecular weight excluding hydrogens is 342 g/mol. The minimum absolute atomic E-state index is 0.170. The summed E-state index contributed by atoms with van der Waals surface area (Å²) in [7, 11) is 0. The zero-order valence-electron chi connectivity index (χ0n) is 14.7. The number of rotatable bonds is 2. The number of carbonyl (C=O) groups is 1. The van der Waals surface area contributed by atoms with Gasteiger partial charge in [-0.3, -0.25) is 9.69 Å². The first-order valence-corrected chi connectivity index (χ1v) is 10.4. The fraction of sp³-hybridized carbons (Fsp3) is 0.318. The van der Waals surface area contributed by atoms with Gasteiger partial charge in [0, 0.05) is 48.7 Å². The van der Waals surface area contributed by atoms with Crippen molar-refractivity contribution in [2.45, 2.75) is 19.6 Å². The summed E-state index contributed by atoms with van der Waals surface area (Å²) in [6, 6.07) is 14.7. The molecule has 3 nitrogen and oxygen atoms in total. The highest BCUT2D eigenvalue weighted by atomic mass is 32.2. The lowest BCUT2D eigenvalue weighted by Gasteiger charge is -2.26. The molecule has 0 spiro atoms. The van der Waals surface area contributed by atoms with Crippen molar-refractivity contribution in [1.82, 2.24) is 4.90 Å². The number of hydrogen-bond donors (Lipinski definition) is 0. The van der Waals surface area contributed by atoms with Crippen molar-refractivity contribution in [3.63, 3.8) is 0 Å². The number of carbonyl (C=O) groups excluding carboxylic acids is 1. The van der Waals surface area contributed by atoms with E-state index in [2.05, 4.69) is 23.1 Å². The number of nitrogens with zero attached hydrogens (tertiary/aromatic N) is 1. The molecule has 5 rings (SSSR count). The Hall–Kier alpha value is -2.04. The summed E-state index contributed by atoms with van der Waals surface area (Å²) >= 11 is 2.04. The van der Waals surface area contributed by atoms with Crippen molar-refractivity contribution in [3.05, 3.63) is 70.3 Å². The van der Waals surface area contributed by atoms with Crippen molar-refractivity contribution >= 4 is 28.9 Å². The molecule has 26 heavy (non-hydrogen) atoms. The van der Waals surface area contributed by atoms with Gasteiger partial charge in [0.25, 0.3) is 0 Å². The Morgan fingerprint density at radius 3 is 2.73 bits per heavy atom. The fourth-order valence-electron chi connectivity index (χ4n) is 4.12. The minimum atomic E-state index is 0.170. The smallest absolute Gasteiger partial charge is 0.171 e. The topological polar surface area (TPSA) is 29.5 Å². The van der Waals surface area contributed by atoms with E-state index in [0.717, 1.165) is 34.6 Å². The lowest BCUT2D eigenvalue weighted by Crippen LogP contribution is -2.31. The first kappa shape index (κ1) is 16.2. The number of Topliss-reactive ketones (excluding diaryl/α,β-unsaturated/α-hetero) is 1. The van der Waals surface area contributed by atoms with Gasteiger partial charge in [0.15, 0.2) is 5.78 Å². The monoisotopic (exact) mass is 363 g/mol. The molecule has 0 saturated carbocycles. The predicted octanol–water partition coefficient (Wildman–Crippen LogP) is 3.76. The molecule has 1 aliphatic carbocycles. The van der Waals surface area contributed by atoms with Crippen LogP contribution in [0.3, 0.4) is 0 Å². The summed E-state index contributed by atoms with van der Waals surface area (Å²) in [6.07, 6.45) is 0.485. The van der Waals surface area contributed by atoms with Crippen LogP contribution in [0, 0.1) is 0 Å². The van der Waals surface area contributed by atoms with E-state index in [4.69, 9.17) is 4.74 Å². The van der Waals surface area contributed by atoms with Gasteiger partial charge in [0.05, 0.1) is 5.57 Å². The van der Waals surface area contributed by atoms with Gasteiger partial charge >= 0.3 is 0 Å². The Labute approximate surface area is 158 Å². The van der Waals surface area contributed by atoms with Gasteiger partial charge in [-0.25, -0.2) is 0 Å². The normalized spacial score (nSPS) is 22.2. The van der Waals surface area contributed by atoms with Crippen LogP contribution in [-0.4, -0.2) is 35.3 Å². The molecule has 1 fully saturated rings. The maximum atomic E-state index is 12.6. The van der Waals surface area contributed by atoms with Crippen molar-refractivity contribution in [1.29, 1.82) is 0 Å². The molecule has 4 heteroatoms. The molecule has 132 valence electrons. The Morgan fingerprint density at radius 1 is 1.00 bits per heavy atom. The Morgan fingerprint density at radius 2 is 1.85 bits per heavy atom. The number of ketones is 1. The van der Waals surface area contributed by atoms with Crippen molar-refractivity contribution in [3.8, 4) is 0 Å². The largest absolute Gasteiger partial charge is 0.487 e. The van der Waals surface area contributed by atoms with Crippen molar-refractivity contribution in [2.24, 2.45) is 0 Å². The summed E-state index contributed by atoms with van der Waals surface area (Å²) in [5.74, 6) is 3.40. The van der Waals surface area contributed by atoms with E-state index in [1.165, 1.54) is 35.7 Å². The number of allylic oxidation sites excluding steroid dienone is 1. The van der Waals surface area contributed by atoms with Gasteiger partial charge in [-0.2, -0.15) is 11.8 Å². The molecule has 0 bridgehead atoms. The van der Waals surface area contributed by atoms with E-state index in [9.17, 15) is 4.79 Å². The summed E-state index contributed by atoms with van der Waals surface area (Å²) < 4.78 is 6.02. The van der Waals surface area contributed by atoms with Crippen LogP contribution in [0.25, 0.3) is 11.3 Å². The molecule has 0 atom stereocenters. The summed E-state index contributed by atoms with van der Waals surface area (Å²) in [4.78, 5) is 15.1. The highest BCUT2D eigenvalue weighted by Crippen LogP contribution is 2.40. The molecule has 0 amide bonds. The fourth-order valence-corrected chi connectivity index (χ4v) is 5.10. The number of hydrogen-bond acceptors (Lipinski definition) is 4. The molecule has 0 aromatic heterocycles. The summed E-state index contributed by atoms with van der Waals surface area (Å²) in [6.45, 7) is 3.90. The molecule has 1 saturated heterocycles. The third kappa shape index (κ3) is 2.78. The van der Waals surface area contributed by atoms with Crippen LogP contribution in [0.2, 0.25) is 0 Å². The van der Waals surface area contributed by atoms with E-state index in [1.54, 1.807) is 0 Å². The number of fused-ring (bicyclic) bond motifs is 2. The minimum Gasteiger partial charge on any atom is -0.487 e. The van der Waals surface area contributed by atoms with Crippen molar-refractivity contribution < 1.29 is 9.53 Å². The Bertz CT molecular complexity index is 912. The maximum Gasteiger partial charge on any atom is 0.171 e. The number of benzene rings is 2. The molecule has 0 radical (unpaired) electrons. The SMILES string of the molecule is O=C1Cc2ccccc2/C1=C1\OCc2cc(CN3CCSCC3)ccc21. The molecule has 2 aromatic carbocycles. The van der Waals surface area contributed by atoms with Crippen LogP contribution >= 0.6 is 11.8 Å². The third-order valence-electron chi connectivity index (χ3n) is 5.44. The van der Waals surface area contributed by atoms with E-state index < -0.39 is 0 Å². The van der Waals surface area contributed by atoms with Crippen LogP contribution in [0.15, 0.2) is 42.5 Å². The Balaban J connectivity index is 1.48. The Kier molecular flexibility index (Phi) is 4.10. The highest BCUT2D eigenvalue weighted by Gasteiger charge is 2.32. The zero-order chi connectivity index (χ0) is 17.5. The molecule has 0 unspecified atom stereocenters. The van der Waals surface area contributed by atoms with Gasteiger partial charge in [-0.15, -0.1) is 0 Å². The quantitative estimate of drug-likeness (QED) is 0.760. The molecule has 2 heterocycles. The van der Waals surface area contributed by atoms with Gasteiger partial charge in [0.2, 0.25) is 0 Å². The molecule has 0 N–H and O–H groups in total. The number of thioether (sulfide) groups is 1. The molecule has 2 aliphatic heterocycles. The predicted molar refractivity (Wildman–Crippen MR) is 106 cm³/mol. The van der Waals surface area contributed by atoms with Crippen LogP contribution < -0.4 is 0 Å². The first-order valence-electron chi connectivity index (χ1n) is 9.20. The average molecular weight is 363 g/mol. The maximum absolute atomic E-state index is 12.6. The van der Waals surface area contributed by atoms with E-state index in [-0.39, 0.29) is 5.78 Å². The van der Waals surface area contributed by atoms with Gasteiger partial charge in [0.1, 0.15) is 12.4 Å². The number of ether oxygens (including phenoxy) is 1. The summed E-state index contributed by atoms with van der Waals surface area (Å²) in [5, 5.41) is 0. The molecular formula is C22H21NO2S. The highest BCUT2D eigenvalue weighted by molar-refractivity contribution is 7.99. The van der Waals surface area contributed by atoms with Crippen molar-refractivity contribution in [2.75, 3.05) is 24.6 Å². The summed E-state index contributed by atoms with van der Waals surface area (Å²) in [5.41, 5.74) is 6.53. The van der Waals surface area contributed by atoms with E-state index in [1.807, 2.05) is 36.0 Å². The average Bonchev–Trinajstić information content (AvgIpc) is 3.21. The lowest BCUT2D eigenvalue weighted by molar-refractivity contribution is -0.112. The van der Waals surface area contributed by atoms with Crippen LogP contribution in [0.4, 0.5) is 0 Å². The van der Waals surface area contributed by atoms with E-state index >= 15 is 0 Å².